The lowest BCUT2D eigenvalue weighted by molar-refractivity contribution is -0.133. The molecule has 0 radical (unpaired) electrons. The van der Waals surface area contributed by atoms with Gasteiger partial charge in [0.1, 0.15) is 0 Å². The van der Waals surface area contributed by atoms with E-state index in [0.717, 1.165) is 22.8 Å². The van der Waals surface area contributed by atoms with Crippen molar-refractivity contribution < 1.29 is 9.90 Å². The highest BCUT2D eigenvalue weighted by molar-refractivity contribution is 7.99. The van der Waals surface area contributed by atoms with Crippen molar-refractivity contribution in [2.45, 2.75) is 26.0 Å². The van der Waals surface area contributed by atoms with Crippen LogP contribution in [0.4, 0.5) is 0 Å². The Morgan fingerprint density at radius 3 is 2.75 bits per heavy atom. The van der Waals surface area contributed by atoms with Gasteiger partial charge in [0.2, 0.25) is 5.91 Å². The predicted octanol–water partition coefficient (Wildman–Crippen LogP) is 1.54. The molecule has 1 saturated heterocycles. The molecule has 1 fully saturated rings. The lowest BCUT2D eigenvalue weighted by Crippen LogP contribution is -2.46. The van der Waals surface area contributed by atoms with Crippen molar-refractivity contribution in [1.82, 2.24) is 10.2 Å². The van der Waals surface area contributed by atoms with Gasteiger partial charge in [-0.15, -0.1) is 11.8 Å². The molecule has 2 atom stereocenters. The summed E-state index contributed by atoms with van der Waals surface area (Å²) in [6, 6.07) is 7.69. The van der Waals surface area contributed by atoms with Crippen LogP contribution in [0.25, 0.3) is 0 Å². The molecule has 20 heavy (non-hydrogen) atoms. The molecule has 1 amide bonds. The standard InChI is InChI=1S/C15H22N2O2S/c1-3-17(15(19)13-9-20-10-16-13)8-14(18)12-6-4-11(2)5-7-12/h4-7,13-14,16,18H,3,8-10H2,1-2H3/t13-,14-/m0/s1. The summed E-state index contributed by atoms with van der Waals surface area (Å²) in [6.45, 7) is 4.93. The highest BCUT2D eigenvalue weighted by Crippen LogP contribution is 2.17. The van der Waals surface area contributed by atoms with Crippen molar-refractivity contribution in [2.24, 2.45) is 0 Å². The third-order valence-corrected chi connectivity index (χ3v) is 4.50. The Morgan fingerprint density at radius 2 is 2.20 bits per heavy atom. The van der Waals surface area contributed by atoms with Crippen LogP contribution in [0.5, 0.6) is 0 Å². The first-order valence-electron chi connectivity index (χ1n) is 6.96. The summed E-state index contributed by atoms with van der Waals surface area (Å²) >= 11 is 1.73. The number of benzene rings is 1. The molecule has 0 saturated carbocycles. The van der Waals surface area contributed by atoms with E-state index in [1.165, 1.54) is 0 Å². The van der Waals surface area contributed by atoms with E-state index in [2.05, 4.69) is 5.32 Å². The number of amides is 1. The van der Waals surface area contributed by atoms with Crippen molar-refractivity contribution >= 4 is 17.7 Å². The number of aliphatic hydroxyl groups is 1. The fourth-order valence-electron chi connectivity index (χ4n) is 2.25. The van der Waals surface area contributed by atoms with E-state index in [4.69, 9.17) is 0 Å². The van der Waals surface area contributed by atoms with Gasteiger partial charge in [-0.2, -0.15) is 0 Å². The van der Waals surface area contributed by atoms with Crippen molar-refractivity contribution in [3.8, 4) is 0 Å². The number of rotatable bonds is 5. The zero-order chi connectivity index (χ0) is 14.5. The van der Waals surface area contributed by atoms with Crippen LogP contribution in [-0.4, -0.2) is 46.7 Å². The van der Waals surface area contributed by atoms with Crippen LogP contribution in [0, 0.1) is 6.92 Å². The zero-order valence-electron chi connectivity index (χ0n) is 12.0. The SMILES string of the molecule is CCN(C[C@H](O)c1ccc(C)cc1)C(=O)[C@@H]1CSCN1. The summed E-state index contributed by atoms with van der Waals surface area (Å²) in [7, 11) is 0. The molecule has 1 aromatic rings. The number of aliphatic hydroxyl groups excluding tert-OH is 1. The number of carbonyl (C=O) groups is 1. The molecule has 0 unspecified atom stereocenters. The number of carbonyl (C=O) groups excluding carboxylic acids is 1. The van der Waals surface area contributed by atoms with E-state index in [0.29, 0.717) is 13.1 Å². The topological polar surface area (TPSA) is 52.6 Å². The van der Waals surface area contributed by atoms with Gasteiger partial charge < -0.3 is 10.0 Å². The molecular weight excluding hydrogens is 272 g/mol. The lowest BCUT2D eigenvalue weighted by Gasteiger charge is -2.26. The summed E-state index contributed by atoms with van der Waals surface area (Å²) in [5.74, 6) is 1.73. The van der Waals surface area contributed by atoms with E-state index in [9.17, 15) is 9.90 Å². The van der Waals surface area contributed by atoms with Gasteiger partial charge >= 0.3 is 0 Å². The second kappa shape index (κ2) is 7.11. The zero-order valence-corrected chi connectivity index (χ0v) is 12.8. The van der Waals surface area contributed by atoms with Crippen molar-refractivity contribution in [3.05, 3.63) is 35.4 Å². The molecule has 2 N–H and O–H groups in total. The van der Waals surface area contributed by atoms with Gasteiger partial charge in [0.25, 0.3) is 0 Å². The number of nitrogens with one attached hydrogen (secondary N) is 1. The smallest absolute Gasteiger partial charge is 0.240 e. The molecule has 4 nitrogen and oxygen atoms in total. The van der Waals surface area contributed by atoms with Gasteiger partial charge in [0.15, 0.2) is 0 Å². The maximum Gasteiger partial charge on any atom is 0.240 e. The number of hydrogen-bond donors (Lipinski definition) is 2. The minimum Gasteiger partial charge on any atom is -0.387 e. The minimum absolute atomic E-state index is 0.0867. The number of nitrogens with zero attached hydrogens (tertiary/aromatic N) is 1. The second-order valence-corrected chi connectivity index (χ2v) is 6.11. The summed E-state index contributed by atoms with van der Waals surface area (Å²) in [5.41, 5.74) is 2.02. The average Bonchev–Trinajstić information content (AvgIpc) is 2.98. The molecule has 5 heteroatoms. The van der Waals surface area contributed by atoms with Crippen LogP contribution in [0.2, 0.25) is 0 Å². The minimum atomic E-state index is -0.631. The van der Waals surface area contributed by atoms with Crippen LogP contribution < -0.4 is 5.32 Å². The van der Waals surface area contributed by atoms with E-state index >= 15 is 0 Å². The number of likely N-dealkylation sites (N-methyl/N-ethyl adjacent to an activating group) is 1. The Labute approximate surface area is 124 Å². The first kappa shape index (κ1) is 15.4. The summed E-state index contributed by atoms with van der Waals surface area (Å²) < 4.78 is 0. The molecule has 1 aliphatic heterocycles. The first-order valence-corrected chi connectivity index (χ1v) is 8.11. The van der Waals surface area contributed by atoms with Crippen LogP contribution >= 0.6 is 11.8 Å². The van der Waals surface area contributed by atoms with Crippen molar-refractivity contribution in [2.75, 3.05) is 24.7 Å². The molecule has 2 rings (SSSR count). The molecule has 1 aliphatic rings. The summed E-state index contributed by atoms with van der Waals surface area (Å²) in [6.07, 6.45) is -0.631. The molecular formula is C15H22N2O2S. The van der Waals surface area contributed by atoms with E-state index in [1.54, 1.807) is 16.7 Å². The largest absolute Gasteiger partial charge is 0.387 e. The highest BCUT2D eigenvalue weighted by atomic mass is 32.2. The molecule has 0 aliphatic carbocycles. The van der Waals surface area contributed by atoms with Crippen LogP contribution in [0.15, 0.2) is 24.3 Å². The van der Waals surface area contributed by atoms with Crippen LogP contribution in [0.1, 0.15) is 24.2 Å². The maximum absolute atomic E-state index is 12.3. The van der Waals surface area contributed by atoms with E-state index in [-0.39, 0.29) is 11.9 Å². The normalized spacial score (nSPS) is 19.9. The van der Waals surface area contributed by atoms with Gasteiger partial charge in [-0.3, -0.25) is 10.1 Å². The number of hydrogen-bond acceptors (Lipinski definition) is 4. The molecule has 0 aromatic heterocycles. The summed E-state index contributed by atoms with van der Waals surface area (Å²) in [5, 5.41) is 13.5. The quantitative estimate of drug-likeness (QED) is 0.865. The maximum atomic E-state index is 12.3. The van der Waals surface area contributed by atoms with E-state index in [1.807, 2.05) is 38.1 Å². The number of thioether (sulfide) groups is 1. The molecule has 110 valence electrons. The molecule has 1 aromatic carbocycles. The second-order valence-electron chi connectivity index (χ2n) is 5.08. The van der Waals surface area contributed by atoms with Gasteiger partial charge in [-0.05, 0) is 19.4 Å². The Balaban J connectivity index is 1.98. The van der Waals surface area contributed by atoms with E-state index < -0.39 is 6.10 Å². The fourth-order valence-corrected chi connectivity index (χ4v) is 3.18. The van der Waals surface area contributed by atoms with Crippen LogP contribution in [0.3, 0.4) is 0 Å². The van der Waals surface area contributed by atoms with Crippen LogP contribution in [-0.2, 0) is 4.79 Å². The average molecular weight is 294 g/mol. The Morgan fingerprint density at radius 1 is 1.50 bits per heavy atom. The molecule has 0 spiro atoms. The third kappa shape index (κ3) is 3.75. The first-order chi connectivity index (χ1) is 9.61. The third-order valence-electron chi connectivity index (χ3n) is 3.56. The predicted molar refractivity (Wildman–Crippen MR) is 82.6 cm³/mol. The Kier molecular flexibility index (Phi) is 5.46. The summed E-state index contributed by atoms with van der Waals surface area (Å²) in [4.78, 5) is 14.1. The van der Waals surface area contributed by atoms with Gasteiger partial charge in [0, 0.05) is 18.2 Å². The van der Waals surface area contributed by atoms with Crippen molar-refractivity contribution in [3.63, 3.8) is 0 Å². The van der Waals surface area contributed by atoms with Gasteiger partial charge in [-0.25, -0.2) is 0 Å². The lowest BCUT2D eigenvalue weighted by atomic mass is 10.1. The fraction of sp³-hybridized carbons (Fsp3) is 0.533. The monoisotopic (exact) mass is 294 g/mol. The highest BCUT2D eigenvalue weighted by Gasteiger charge is 2.27. The Bertz CT molecular complexity index is 444. The van der Waals surface area contributed by atoms with Gasteiger partial charge in [0.05, 0.1) is 18.7 Å². The van der Waals surface area contributed by atoms with Crippen molar-refractivity contribution in [1.29, 1.82) is 0 Å². The Hall–Kier alpha value is -1.04. The number of aryl methyl sites for hydroxylation is 1. The van der Waals surface area contributed by atoms with Gasteiger partial charge in [-0.1, -0.05) is 29.8 Å². The molecule has 1 heterocycles. The molecule has 0 bridgehead atoms.